The van der Waals surface area contributed by atoms with E-state index in [1.807, 2.05) is 36.4 Å². The Kier molecular flexibility index (Phi) is 3.87. The Morgan fingerprint density at radius 2 is 1.73 bits per heavy atom. The molecule has 0 unspecified atom stereocenters. The molecule has 0 aliphatic rings. The Bertz CT molecular complexity index is 778. The van der Waals surface area contributed by atoms with Crippen molar-refractivity contribution >= 4 is 0 Å². The summed E-state index contributed by atoms with van der Waals surface area (Å²) in [5, 5.41) is 12.7. The van der Waals surface area contributed by atoms with E-state index in [9.17, 15) is 0 Å². The number of hydrogen-bond donors (Lipinski definition) is 0. The van der Waals surface area contributed by atoms with Crippen LogP contribution in [0.4, 0.5) is 0 Å². The molecule has 22 heavy (non-hydrogen) atoms. The molecule has 0 aliphatic carbocycles. The van der Waals surface area contributed by atoms with Gasteiger partial charge in [-0.1, -0.05) is 47.5 Å². The van der Waals surface area contributed by atoms with Gasteiger partial charge in [0.15, 0.2) is 0 Å². The highest BCUT2D eigenvalue weighted by Gasteiger charge is 2.09. The smallest absolute Gasteiger partial charge is 0.204 e. The molecule has 0 spiro atoms. The topological polar surface area (TPSA) is 52.8 Å². The van der Waals surface area contributed by atoms with Crippen LogP contribution >= 0.6 is 0 Å². The Morgan fingerprint density at radius 1 is 1.00 bits per heavy atom. The molecule has 0 atom stereocenters. The third-order valence-electron chi connectivity index (χ3n) is 3.51. The summed E-state index contributed by atoms with van der Waals surface area (Å²) in [6, 6.07) is 14.2. The Morgan fingerprint density at radius 3 is 2.45 bits per heavy atom. The minimum Gasteiger partial charge on any atom is -0.496 e. The number of benzene rings is 2. The quantitative estimate of drug-likeness (QED) is 0.742. The zero-order valence-corrected chi connectivity index (χ0v) is 12.9. The van der Waals surface area contributed by atoms with E-state index in [0.29, 0.717) is 12.4 Å². The maximum absolute atomic E-state index is 5.39. The number of aromatic nitrogens is 4. The molecular weight excluding hydrogens is 276 g/mol. The molecule has 1 aromatic heterocycles. The zero-order valence-electron chi connectivity index (χ0n) is 12.9. The average Bonchev–Trinajstić information content (AvgIpc) is 2.97. The second-order valence-corrected chi connectivity index (χ2v) is 5.32. The first-order valence-corrected chi connectivity index (χ1v) is 7.14. The molecule has 112 valence electrons. The van der Waals surface area contributed by atoms with Crippen molar-refractivity contribution in [1.29, 1.82) is 0 Å². The Labute approximate surface area is 129 Å². The molecule has 5 heteroatoms. The van der Waals surface area contributed by atoms with Crippen LogP contribution in [0.15, 0.2) is 42.5 Å². The first-order chi connectivity index (χ1) is 10.7. The predicted molar refractivity (Wildman–Crippen MR) is 84.8 cm³/mol. The van der Waals surface area contributed by atoms with Gasteiger partial charge in [0, 0.05) is 11.1 Å². The number of aryl methyl sites for hydroxylation is 2. The monoisotopic (exact) mass is 294 g/mol. The summed E-state index contributed by atoms with van der Waals surface area (Å²) in [7, 11) is 1.67. The van der Waals surface area contributed by atoms with Gasteiger partial charge in [0.2, 0.25) is 5.82 Å². The molecule has 5 nitrogen and oxygen atoms in total. The van der Waals surface area contributed by atoms with Gasteiger partial charge in [-0.05, 0) is 25.1 Å². The molecule has 3 aromatic rings. The van der Waals surface area contributed by atoms with E-state index in [0.717, 1.165) is 16.9 Å². The molecule has 0 amide bonds. The molecule has 0 saturated carbocycles. The highest BCUT2D eigenvalue weighted by molar-refractivity contribution is 5.54. The van der Waals surface area contributed by atoms with E-state index in [-0.39, 0.29) is 0 Å². The molecule has 0 saturated heterocycles. The number of ether oxygens (including phenoxy) is 1. The van der Waals surface area contributed by atoms with E-state index >= 15 is 0 Å². The summed E-state index contributed by atoms with van der Waals surface area (Å²) in [5.41, 5.74) is 4.39. The van der Waals surface area contributed by atoms with Crippen molar-refractivity contribution < 1.29 is 4.74 Å². The van der Waals surface area contributed by atoms with E-state index < -0.39 is 0 Å². The highest BCUT2D eigenvalue weighted by Crippen LogP contribution is 2.21. The third-order valence-corrected chi connectivity index (χ3v) is 3.51. The van der Waals surface area contributed by atoms with Crippen molar-refractivity contribution in [3.05, 3.63) is 59.2 Å². The number of tetrazole rings is 1. The first-order valence-electron chi connectivity index (χ1n) is 7.14. The van der Waals surface area contributed by atoms with Gasteiger partial charge in [-0.15, -0.1) is 10.2 Å². The maximum atomic E-state index is 5.39. The van der Waals surface area contributed by atoms with Gasteiger partial charge in [0.1, 0.15) is 5.75 Å². The fourth-order valence-electron chi connectivity index (χ4n) is 2.31. The summed E-state index contributed by atoms with van der Waals surface area (Å²) in [6.45, 7) is 4.64. The molecule has 0 N–H and O–H groups in total. The van der Waals surface area contributed by atoms with Crippen LogP contribution in [0.3, 0.4) is 0 Å². The van der Waals surface area contributed by atoms with E-state index in [4.69, 9.17) is 4.74 Å². The molecule has 0 radical (unpaired) electrons. The molecule has 0 fully saturated rings. The van der Waals surface area contributed by atoms with Crippen LogP contribution in [0.25, 0.3) is 11.4 Å². The second-order valence-electron chi connectivity index (χ2n) is 5.32. The molecule has 3 rings (SSSR count). The van der Waals surface area contributed by atoms with Crippen molar-refractivity contribution in [1.82, 2.24) is 20.2 Å². The van der Waals surface area contributed by atoms with Crippen molar-refractivity contribution in [2.45, 2.75) is 20.4 Å². The number of rotatable bonds is 4. The van der Waals surface area contributed by atoms with Crippen LogP contribution in [0.5, 0.6) is 5.75 Å². The van der Waals surface area contributed by atoms with Crippen molar-refractivity contribution in [2.24, 2.45) is 0 Å². The third kappa shape index (κ3) is 2.98. The standard InChI is InChI=1S/C17H18N4O/c1-12-4-7-14(8-5-12)17-18-20-21(19-17)11-15-10-13(2)6-9-16(15)22-3/h4-10H,11H2,1-3H3. The lowest BCUT2D eigenvalue weighted by Crippen LogP contribution is -2.06. The number of hydrogen-bond acceptors (Lipinski definition) is 4. The number of nitrogens with zero attached hydrogens (tertiary/aromatic N) is 4. The molecule has 2 aromatic carbocycles. The van der Waals surface area contributed by atoms with Gasteiger partial charge in [0.05, 0.1) is 13.7 Å². The largest absolute Gasteiger partial charge is 0.496 e. The minimum atomic E-state index is 0.531. The predicted octanol–water partition coefficient (Wildman–Crippen LogP) is 3.01. The van der Waals surface area contributed by atoms with Crippen molar-refractivity contribution in [3.8, 4) is 17.1 Å². The molecule has 1 heterocycles. The van der Waals surface area contributed by atoms with E-state index in [1.165, 1.54) is 11.1 Å². The summed E-state index contributed by atoms with van der Waals surface area (Å²) in [6.07, 6.45) is 0. The Hall–Kier alpha value is -2.69. The highest BCUT2D eigenvalue weighted by atomic mass is 16.5. The van der Waals surface area contributed by atoms with Crippen LogP contribution in [0, 0.1) is 13.8 Å². The van der Waals surface area contributed by atoms with Crippen LogP contribution < -0.4 is 4.74 Å². The minimum absolute atomic E-state index is 0.531. The summed E-state index contributed by atoms with van der Waals surface area (Å²) in [5.74, 6) is 1.46. The lowest BCUT2D eigenvalue weighted by Gasteiger charge is -2.08. The van der Waals surface area contributed by atoms with Gasteiger partial charge in [-0.2, -0.15) is 4.80 Å². The molecule has 0 bridgehead atoms. The van der Waals surface area contributed by atoms with Gasteiger partial charge < -0.3 is 4.74 Å². The van der Waals surface area contributed by atoms with Gasteiger partial charge in [-0.25, -0.2) is 0 Å². The lowest BCUT2D eigenvalue weighted by atomic mass is 10.1. The van der Waals surface area contributed by atoms with Gasteiger partial charge in [0.25, 0.3) is 0 Å². The normalized spacial score (nSPS) is 10.7. The SMILES string of the molecule is COc1ccc(C)cc1Cn1nnc(-c2ccc(C)cc2)n1. The first kappa shape index (κ1) is 14.3. The Balaban J connectivity index is 1.85. The van der Waals surface area contributed by atoms with Crippen LogP contribution in [-0.2, 0) is 6.54 Å². The summed E-state index contributed by atoms with van der Waals surface area (Å²) in [4.78, 5) is 1.59. The average molecular weight is 294 g/mol. The molecule has 0 aliphatic heterocycles. The van der Waals surface area contributed by atoms with E-state index in [1.54, 1.807) is 11.9 Å². The van der Waals surface area contributed by atoms with Crippen LogP contribution in [-0.4, -0.2) is 27.3 Å². The van der Waals surface area contributed by atoms with Crippen molar-refractivity contribution in [3.63, 3.8) is 0 Å². The summed E-state index contributed by atoms with van der Waals surface area (Å²) < 4.78 is 5.39. The summed E-state index contributed by atoms with van der Waals surface area (Å²) >= 11 is 0. The van der Waals surface area contributed by atoms with Crippen molar-refractivity contribution in [2.75, 3.05) is 7.11 Å². The van der Waals surface area contributed by atoms with E-state index in [2.05, 4.69) is 35.3 Å². The van der Waals surface area contributed by atoms with Gasteiger partial charge in [-0.3, -0.25) is 0 Å². The number of methoxy groups -OCH3 is 1. The second kappa shape index (κ2) is 5.97. The lowest BCUT2D eigenvalue weighted by molar-refractivity contribution is 0.405. The fourth-order valence-corrected chi connectivity index (χ4v) is 2.31. The zero-order chi connectivity index (χ0) is 15.5. The van der Waals surface area contributed by atoms with Crippen LogP contribution in [0.2, 0.25) is 0 Å². The maximum Gasteiger partial charge on any atom is 0.204 e. The molecular formula is C17H18N4O. The fraction of sp³-hybridized carbons (Fsp3) is 0.235. The van der Waals surface area contributed by atoms with Crippen LogP contribution in [0.1, 0.15) is 16.7 Å². The van der Waals surface area contributed by atoms with Gasteiger partial charge >= 0.3 is 0 Å².